The first-order valence-corrected chi connectivity index (χ1v) is 10.00. The van der Waals surface area contributed by atoms with Crippen LogP contribution in [-0.4, -0.2) is 35.1 Å². The first-order chi connectivity index (χ1) is 13.9. The van der Waals surface area contributed by atoms with E-state index < -0.39 is 5.25 Å². The number of rotatable bonds is 5. The lowest BCUT2D eigenvalue weighted by atomic mass is 10.1. The molecular weight excluding hydrogens is 412 g/mol. The van der Waals surface area contributed by atoms with E-state index in [1.807, 2.05) is 12.1 Å². The number of amides is 2. The van der Waals surface area contributed by atoms with E-state index in [9.17, 15) is 9.59 Å². The summed E-state index contributed by atoms with van der Waals surface area (Å²) in [5.41, 5.74) is 2.11. The number of thioether (sulfide) groups is 1. The molecule has 2 amide bonds. The molecule has 29 heavy (non-hydrogen) atoms. The van der Waals surface area contributed by atoms with Gasteiger partial charge in [0.15, 0.2) is 5.17 Å². The number of nitrogens with one attached hydrogen (secondary N) is 2. The number of methoxy groups -OCH3 is 1. The standard InChI is InChI=1S/C20H19ClN4O3S/c1-12(13-6-8-14(21)9-7-13)24-25-20-23-18(26)11-17(29-20)19(27)22-15-4-3-5-16(10-15)28-2/h3-10,17H,11H2,1-2H3,(H,22,27)(H,23,25,26)/b24-12+/t17-/m1/s1. The van der Waals surface area contributed by atoms with E-state index in [0.29, 0.717) is 22.2 Å². The molecule has 2 aromatic rings. The highest BCUT2D eigenvalue weighted by atomic mass is 35.5. The fourth-order valence-electron chi connectivity index (χ4n) is 2.53. The van der Waals surface area contributed by atoms with Gasteiger partial charge in [-0.25, -0.2) is 0 Å². The fraction of sp³-hybridized carbons (Fsp3) is 0.200. The zero-order valence-corrected chi connectivity index (χ0v) is 17.4. The molecular formula is C20H19ClN4O3S. The summed E-state index contributed by atoms with van der Waals surface area (Å²) < 4.78 is 5.15. The molecule has 9 heteroatoms. The van der Waals surface area contributed by atoms with Gasteiger partial charge in [0.1, 0.15) is 11.0 Å². The zero-order valence-electron chi connectivity index (χ0n) is 15.8. The largest absolute Gasteiger partial charge is 0.497 e. The topological polar surface area (TPSA) is 92.1 Å². The lowest BCUT2D eigenvalue weighted by molar-refractivity contribution is -0.123. The van der Waals surface area contributed by atoms with Gasteiger partial charge in [0.05, 0.1) is 12.8 Å². The van der Waals surface area contributed by atoms with Crippen LogP contribution in [0.5, 0.6) is 5.75 Å². The maximum absolute atomic E-state index is 12.6. The fourth-order valence-corrected chi connectivity index (χ4v) is 3.59. The Morgan fingerprint density at radius 1 is 1.28 bits per heavy atom. The number of halogens is 1. The molecule has 7 nitrogen and oxygen atoms in total. The average molecular weight is 431 g/mol. The van der Waals surface area contributed by atoms with Crippen LogP contribution in [0.2, 0.25) is 5.02 Å². The lowest BCUT2D eigenvalue weighted by Crippen LogP contribution is -2.41. The summed E-state index contributed by atoms with van der Waals surface area (Å²) in [6.07, 6.45) is 0.0549. The Balaban J connectivity index is 1.69. The van der Waals surface area contributed by atoms with Crippen molar-refractivity contribution >= 4 is 51.7 Å². The first-order valence-electron chi connectivity index (χ1n) is 8.74. The highest BCUT2D eigenvalue weighted by Crippen LogP contribution is 2.24. The van der Waals surface area contributed by atoms with Crippen molar-refractivity contribution in [2.45, 2.75) is 18.6 Å². The van der Waals surface area contributed by atoms with Crippen LogP contribution in [-0.2, 0) is 9.59 Å². The molecule has 150 valence electrons. The summed E-state index contributed by atoms with van der Waals surface area (Å²) >= 11 is 7.05. The summed E-state index contributed by atoms with van der Waals surface area (Å²) in [5, 5.41) is 14.0. The molecule has 2 aromatic carbocycles. The molecule has 1 aliphatic rings. The third-order valence-electron chi connectivity index (χ3n) is 4.05. The SMILES string of the molecule is COc1cccc(NC(=O)[C@H]2CC(=O)N/C(=N\N=C(/C)c3ccc(Cl)cc3)S2)c1. The van der Waals surface area contributed by atoms with Gasteiger partial charge in [0.2, 0.25) is 11.8 Å². The predicted octanol–water partition coefficient (Wildman–Crippen LogP) is 3.69. The van der Waals surface area contributed by atoms with Gasteiger partial charge in [-0.2, -0.15) is 5.10 Å². The summed E-state index contributed by atoms with van der Waals surface area (Å²) in [6.45, 7) is 1.80. The van der Waals surface area contributed by atoms with Crippen molar-refractivity contribution in [3.8, 4) is 5.75 Å². The molecule has 2 N–H and O–H groups in total. The lowest BCUT2D eigenvalue weighted by Gasteiger charge is -2.21. The van der Waals surface area contributed by atoms with Crippen molar-refractivity contribution in [1.82, 2.24) is 5.32 Å². The van der Waals surface area contributed by atoms with Gasteiger partial charge in [-0.1, -0.05) is 41.6 Å². The molecule has 0 aromatic heterocycles. The van der Waals surface area contributed by atoms with Crippen LogP contribution < -0.4 is 15.4 Å². The van der Waals surface area contributed by atoms with Gasteiger partial charge in [0.25, 0.3) is 0 Å². The van der Waals surface area contributed by atoms with Crippen molar-refractivity contribution < 1.29 is 14.3 Å². The van der Waals surface area contributed by atoms with Crippen LogP contribution in [0.25, 0.3) is 0 Å². The normalized spacial score (nSPS) is 18.3. The molecule has 0 saturated carbocycles. The number of hydrogen-bond donors (Lipinski definition) is 2. The molecule has 0 aliphatic carbocycles. The number of amidine groups is 1. The Morgan fingerprint density at radius 3 is 2.76 bits per heavy atom. The van der Waals surface area contributed by atoms with Crippen molar-refractivity contribution in [2.24, 2.45) is 10.2 Å². The minimum absolute atomic E-state index is 0.0549. The van der Waals surface area contributed by atoms with Gasteiger partial charge < -0.3 is 15.4 Å². The highest BCUT2D eigenvalue weighted by molar-refractivity contribution is 8.15. The number of carbonyl (C=O) groups excluding carboxylic acids is 2. The summed E-state index contributed by atoms with van der Waals surface area (Å²) in [5.74, 6) is 0.0583. The third-order valence-corrected chi connectivity index (χ3v) is 5.38. The van der Waals surface area contributed by atoms with Crippen LogP contribution in [0.1, 0.15) is 18.9 Å². The third kappa shape index (κ3) is 5.82. The first kappa shape index (κ1) is 20.9. The van der Waals surface area contributed by atoms with Gasteiger partial charge in [-0.15, -0.1) is 5.10 Å². The minimum atomic E-state index is -0.611. The minimum Gasteiger partial charge on any atom is -0.497 e. The maximum Gasteiger partial charge on any atom is 0.238 e. The number of anilines is 1. The Labute approximate surface area is 177 Å². The van der Waals surface area contributed by atoms with Crippen molar-refractivity contribution in [3.05, 3.63) is 59.1 Å². The van der Waals surface area contributed by atoms with Crippen LogP contribution in [0.15, 0.2) is 58.7 Å². The molecule has 0 unspecified atom stereocenters. The number of nitrogens with zero attached hydrogens (tertiary/aromatic N) is 2. The summed E-state index contributed by atoms with van der Waals surface area (Å²) in [4.78, 5) is 24.6. The molecule has 1 heterocycles. The smallest absolute Gasteiger partial charge is 0.238 e. The highest BCUT2D eigenvalue weighted by Gasteiger charge is 2.30. The van der Waals surface area contributed by atoms with E-state index in [2.05, 4.69) is 20.8 Å². The molecule has 0 bridgehead atoms. The zero-order chi connectivity index (χ0) is 20.8. The summed E-state index contributed by atoms with van der Waals surface area (Å²) in [7, 11) is 1.55. The Morgan fingerprint density at radius 2 is 2.03 bits per heavy atom. The molecule has 1 atom stereocenters. The van der Waals surface area contributed by atoms with Crippen LogP contribution in [0, 0.1) is 0 Å². The molecule has 0 spiro atoms. The quantitative estimate of drug-likeness (QED) is 0.559. The number of hydrogen-bond acceptors (Lipinski definition) is 6. The van der Waals surface area contributed by atoms with Crippen LogP contribution >= 0.6 is 23.4 Å². The Kier molecular flexibility index (Phi) is 6.90. The van der Waals surface area contributed by atoms with Crippen LogP contribution in [0.4, 0.5) is 5.69 Å². The second-order valence-corrected chi connectivity index (χ2v) is 7.81. The molecule has 1 aliphatic heterocycles. The van der Waals surface area contributed by atoms with E-state index in [0.717, 1.165) is 17.3 Å². The van der Waals surface area contributed by atoms with Crippen molar-refractivity contribution in [3.63, 3.8) is 0 Å². The van der Waals surface area contributed by atoms with Crippen LogP contribution in [0.3, 0.4) is 0 Å². The van der Waals surface area contributed by atoms with Gasteiger partial charge in [0, 0.05) is 23.2 Å². The van der Waals surface area contributed by atoms with E-state index in [4.69, 9.17) is 16.3 Å². The second kappa shape index (κ2) is 9.58. The molecule has 1 saturated heterocycles. The van der Waals surface area contributed by atoms with Crippen molar-refractivity contribution in [1.29, 1.82) is 0 Å². The Bertz CT molecular complexity index is 976. The van der Waals surface area contributed by atoms with E-state index in [1.54, 1.807) is 50.4 Å². The monoisotopic (exact) mass is 430 g/mol. The van der Waals surface area contributed by atoms with Gasteiger partial charge >= 0.3 is 0 Å². The second-order valence-electron chi connectivity index (χ2n) is 6.18. The number of carbonyl (C=O) groups is 2. The predicted molar refractivity (Wildman–Crippen MR) is 117 cm³/mol. The molecule has 0 radical (unpaired) electrons. The summed E-state index contributed by atoms with van der Waals surface area (Å²) in [6, 6.07) is 14.2. The Hall–Kier alpha value is -2.84. The average Bonchev–Trinajstić information content (AvgIpc) is 2.72. The number of benzene rings is 2. The van der Waals surface area contributed by atoms with Gasteiger partial charge in [-0.05, 0) is 36.8 Å². The van der Waals surface area contributed by atoms with E-state index in [-0.39, 0.29) is 23.4 Å². The maximum atomic E-state index is 12.6. The number of ether oxygens (including phenoxy) is 1. The van der Waals surface area contributed by atoms with E-state index >= 15 is 0 Å². The van der Waals surface area contributed by atoms with E-state index in [1.165, 1.54) is 0 Å². The van der Waals surface area contributed by atoms with Crippen molar-refractivity contribution in [2.75, 3.05) is 12.4 Å². The molecule has 1 fully saturated rings. The van der Waals surface area contributed by atoms with Gasteiger partial charge in [-0.3, -0.25) is 9.59 Å². The molecule has 3 rings (SSSR count).